The van der Waals surface area contributed by atoms with Crippen molar-refractivity contribution in [1.29, 1.82) is 0 Å². The van der Waals surface area contributed by atoms with Crippen LogP contribution in [-0.2, 0) is 11.2 Å². The van der Waals surface area contributed by atoms with E-state index in [1.54, 1.807) is 0 Å². The van der Waals surface area contributed by atoms with Crippen LogP contribution in [0.5, 0.6) is 0 Å². The maximum absolute atomic E-state index is 13.2. The summed E-state index contributed by atoms with van der Waals surface area (Å²) in [4.78, 5) is 0. The average molecular weight is 285 g/mol. The highest BCUT2D eigenvalue weighted by molar-refractivity contribution is 5.19. The van der Waals surface area contributed by atoms with E-state index in [0.29, 0.717) is 18.6 Å². The maximum atomic E-state index is 13.2. The Morgan fingerprint density at radius 3 is 2.25 bits per heavy atom. The molecule has 20 heavy (non-hydrogen) atoms. The molecule has 0 aliphatic heterocycles. The molecule has 0 amide bonds. The van der Waals surface area contributed by atoms with Gasteiger partial charge in [0, 0.05) is 12.1 Å². The van der Waals surface area contributed by atoms with Crippen LogP contribution in [0.4, 0.5) is 8.78 Å². The van der Waals surface area contributed by atoms with Gasteiger partial charge in [-0.2, -0.15) is 0 Å². The van der Waals surface area contributed by atoms with Gasteiger partial charge in [-0.05, 0) is 57.9 Å². The normalized spacial score (nSPS) is 13.5. The lowest BCUT2D eigenvalue weighted by atomic mass is 10.1. The minimum Gasteiger partial charge on any atom is -0.374 e. The molecule has 0 saturated heterocycles. The standard InChI is InChI=1S/C16H25F2NO/c1-5-6-19-15(11-20-16(2,3)4)9-12-7-13(17)10-14(18)8-12/h7-8,10,15,19H,5-6,9,11H2,1-4H3. The Kier molecular flexibility index (Phi) is 6.56. The van der Waals surface area contributed by atoms with E-state index in [4.69, 9.17) is 4.74 Å². The fourth-order valence-corrected chi connectivity index (χ4v) is 1.90. The first-order chi connectivity index (χ1) is 9.30. The van der Waals surface area contributed by atoms with Crippen molar-refractivity contribution in [3.8, 4) is 0 Å². The second-order valence-electron chi connectivity index (χ2n) is 6.06. The van der Waals surface area contributed by atoms with Crippen LogP contribution in [0.1, 0.15) is 39.7 Å². The lowest BCUT2D eigenvalue weighted by molar-refractivity contribution is -0.0143. The van der Waals surface area contributed by atoms with Gasteiger partial charge in [-0.15, -0.1) is 0 Å². The Morgan fingerprint density at radius 2 is 1.75 bits per heavy atom. The third-order valence-corrected chi connectivity index (χ3v) is 2.80. The lowest BCUT2D eigenvalue weighted by Gasteiger charge is -2.25. The van der Waals surface area contributed by atoms with Gasteiger partial charge in [-0.25, -0.2) is 8.78 Å². The SMILES string of the molecule is CCCNC(COC(C)(C)C)Cc1cc(F)cc(F)c1. The molecular formula is C16H25F2NO. The van der Waals surface area contributed by atoms with Gasteiger partial charge in [0.25, 0.3) is 0 Å². The summed E-state index contributed by atoms with van der Waals surface area (Å²) in [5.41, 5.74) is 0.424. The van der Waals surface area contributed by atoms with Crippen molar-refractivity contribution in [2.24, 2.45) is 0 Å². The van der Waals surface area contributed by atoms with Crippen molar-refractivity contribution in [3.63, 3.8) is 0 Å². The quantitative estimate of drug-likeness (QED) is 0.825. The molecule has 1 aromatic carbocycles. The van der Waals surface area contributed by atoms with Gasteiger partial charge >= 0.3 is 0 Å². The second kappa shape index (κ2) is 7.70. The van der Waals surface area contributed by atoms with Crippen molar-refractivity contribution < 1.29 is 13.5 Å². The van der Waals surface area contributed by atoms with E-state index in [9.17, 15) is 8.78 Å². The fourth-order valence-electron chi connectivity index (χ4n) is 1.90. The molecule has 0 aliphatic carbocycles. The summed E-state index contributed by atoms with van der Waals surface area (Å²) in [7, 11) is 0. The summed E-state index contributed by atoms with van der Waals surface area (Å²) >= 11 is 0. The van der Waals surface area contributed by atoms with Crippen molar-refractivity contribution >= 4 is 0 Å². The van der Waals surface area contributed by atoms with Crippen LogP contribution in [0.15, 0.2) is 18.2 Å². The van der Waals surface area contributed by atoms with Crippen molar-refractivity contribution in [1.82, 2.24) is 5.32 Å². The van der Waals surface area contributed by atoms with Crippen LogP contribution in [0.3, 0.4) is 0 Å². The van der Waals surface area contributed by atoms with Crippen LogP contribution in [-0.4, -0.2) is 24.8 Å². The zero-order valence-corrected chi connectivity index (χ0v) is 12.8. The van der Waals surface area contributed by atoms with Gasteiger partial charge in [-0.1, -0.05) is 6.92 Å². The molecule has 0 saturated carbocycles. The number of ether oxygens (including phenoxy) is 1. The predicted molar refractivity (Wildman–Crippen MR) is 77.8 cm³/mol. The summed E-state index contributed by atoms with van der Waals surface area (Å²) in [5, 5.41) is 3.36. The van der Waals surface area contributed by atoms with Gasteiger partial charge < -0.3 is 10.1 Å². The van der Waals surface area contributed by atoms with Gasteiger partial charge in [0.15, 0.2) is 0 Å². The summed E-state index contributed by atoms with van der Waals surface area (Å²) in [5.74, 6) is -1.07. The van der Waals surface area contributed by atoms with Gasteiger partial charge in [-0.3, -0.25) is 0 Å². The molecule has 1 atom stereocenters. The Hall–Kier alpha value is -1.00. The molecule has 4 heteroatoms. The zero-order chi connectivity index (χ0) is 15.2. The average Bonchev–Trinajstić information content (AvgIpc) is 2.30. The number of benzene rings is 1. The molecular weight excluding hydrogens is 260 g/mol. The highest BCUT2D eigenvalue weighted by atomic mass is 19.1. The molecule has 0 fully saturated rings. The first-order valence-corrected chi connectivity index (χ1v) is 7.12. The van der Waals surface area contributed by atoms with Gasteiger partial charge in [0.05, 0.1) is 12.2 Å². The van der Waals surface area contributed by atoms with Crippen molar-refractivity contribution in [2.45, 2.75) is 52.2 Å². The van der Waals surface area contributed by atoms with E-state index in [0.717, 1.165) is 19.0 Å². The third-order valence-electron chi connectivity index (χ3n) is 2.80. The first-order valence-electron chi connectivity index (χ1n) is 7.12. The minimum atomic E-state index is -0.536. The first kappa shape index (κ1) is 17.1. The topological polar surface area (TPSA) is 21.3 Å². The molecule has 0 aromatic heterocycles. The molecule has 1 N–H and O–H groups in total. The van der Waals surface area contributed by atoms with Crippen LogP contribution in [0, 0.1) is 11.6 Å². The Bertz CT molecular complexity index is 395. The van der Waals surface area contributed by atoms with E-state index in [-0.39, 0.29) is 11.6 Å². The molecule has 0 bridgehead atoms. The van der Waals surface area contributed by atoms with Gasteiger partial charge in [0.1, 0.15) is 11.6 Å². The van der Waals surface area contributed by atoms with E-state index < -0.39 is 11.6 Å². The van der Waals surface area contributed by atoms with Crippen LogP contribution in [0.25, 0.3) is 0 Å². The largest absolute Gasteiger partial charge is 0.374 e. The summed E-state index contributed by atoms with van der Waals surface area (Å²) in [6.45, 7) is 9.43. The number of halogens is 2. The number of rotatable bonds is 7. The zero-order valence-electron chi connectivity index (χ0n) is 12.8. The predicted octanol–water partition coefficient (Wildman–Crippen LogP) is 3.69. The Balaban J connectivity index is 2.67. The van der Waals surface area contributed by atoms with Crippen LogP contribution in [0.2, 0.25) is 0 Å². The molecule has 1 aromatic rings. The highest BCUT2D eigenvalue weighted by Gasteiger charge is 2.16. The molecule has 0 heterocycles. The summed E-state index contributed by atoms with van der Waals surface area (Å²) in [6, 6.07) is 3.70. The smallest absolute Gasteiger partial charge is 0.126 e. The van der Waals surface area contributed by atoms with Crippen LogP contribution >= 0.6 is 0 Å². The van der Waals surface area contributed by atoms with E-state index in [1.807, 2.05) is 20.8 Å². The van der Waals surface area contributed by atoms with Gasteiger partial charge in [0.2, 0.25) is 0 Å². The number of nitrogens with one attached hydrogen (secondary N) is 1. The molecule has 114 valence electrons. The summed E-state index contributed by atoms with van der Waals surface area (Å²) < 4.78 is 32.2. The van der Waals surface area contributed by atoms with E-state index in [2.05, 4.69) is 12.2 Å². The minimum absolute atomic E-state index is 0.0513. The number of hydrogen-bond donors (Lipinski definition) is 1. The molecule has 2 nitrogen and oxygen atoms in total. The summed E-state index contributed by atoms with van der Waals surface area (Å²) in [6.07, 6.45) is 1.55. The molecule has 0 aliphatic rings. The highest BCUT2D eigenvalue weighted by Crippen LogP contribution is 2.13. The van der Waals surface area contributed by atoms with Crippen molar-refractivity contribution in [3.05, 3.63) is 35.4 Å². The molecule has 1 unspecified atom stereocenters. The second-order valence-corrected chi connectivity index (χ2v) is 6.06. The maximum Gasteiger partial charge on any atom is 0.126 e. The monoisotopic (exact) mass is 285 g/mol. The molecule has 1 rings (SSSR count). The lowest BCUT2D eigenvalue weighted by Crippen LogP contribution is -2.38. The van der Waals surface area contributed by atoms with E-state index >= 15 is 0 Å². The number of hydrogen-bond acceptors (Lipinski definition) is 2. The van der Waals surface area contributed by atoms with E-state index in [1.165, 1.54) is 12.1 Å². The van der Waals surface area contributed by atoms with Crippen molar-refractivity contribution in [2.75, 3.05) is 13.2 Å². The molecule has 0 spiro atoms. The fraction of sp³-hybridized carbons (Fsp3) is 0.625. The Morgan fingerprint density at radius 1 is 1.15 bits per heavy atom. The Labute approximate surface area is 120 Å². The third kappa shape index (κ3) is 6.96. The molecule has 0 radical (unpaired) electrons. The van der Waals surface area contributed by atoms with Crippen LogP contribution < -0.4 is 5.32 Å².